The Morgan fingerprint density at radius 2 is 2.06 bits per heavy atom. The summed E-state index contributed by atoms with van der Waals surface area (Å²) in [5, 5.41) is 24.4. The molecule has 0 bridgehead atoms. The molecular formula is C21H29ClN4O5. The highest BCUT2D eigenvalue weighted by atomic mass is 35.5. The first-order valence-corrected chi connectivity index (χ1v) is 10.8. The Morgan fingerprint density at radius 3 is 2.65 bits per heavy atom. The van der Waals surface area contributed by atoms with Gasteiger partial charge < -0.3 is 25.3 Å². The number of aliphatic hydroxyl groups excluding tert-OH is 1. The fourth-order valence-electron chi connectivity index (χ4n) is 4.35. The highest BCUT2D eigenvalue weighted by molar-refractivity contribution is 6.31. The molecule has 2 aliphatic rings. The first-order chi connectivity index (χ1) is 14.6. The number of carbonyl (C=O) groups excluding carboxylic acids is 2. The fraction of sp³-hybridized carbons (Fsp3) is 0.571. The van der Waals surface area contributed by atoms with Crippen LogP contribution in [-0.4, -0.2) is 70.5 Å². The number of carbonyl (C=O) groups is 3. The molecule has 4 N–H and O–H groups in total. The molecule has 1 aromatic rings. The molecule has 2 saturated heterocycles. The van der Waals surface area contributed by atoms with Crippen LogP contribution in [0, 0.1) is 0 Å². The number of hydrogen-bond donors (Lipinski definition) is 4. The molecule has 2 heterocycles. The molecule has 0 radical (unpaired) electrons. The molecule has 2 fully saturated rings. The van der Waals surface area contributed by atoms with Gasteiger partial charge in [-0.1, -0.05) is 18.5 Å². The van der Waals surface area contributed by atoms with Gasteiger partial charge in [-0.3, -0.25) is 19.7 Å². The van der Waals surface area contributed by atoms with Crippen molar-refractivity contribution in [3.05, 3.63) is 28.8 Å². The van der Waals surface area contributed by atoms with Crippen LogP contribution in [0.15, 0.2) is 18.2 Å². The molecule has 0 saturated carbocycles. The lowest BCUT2D eigenvalue weighted by Crippen LogP contribution is -2.54. The average Bonchev–Trinajstić information content (AvgIpc) is 2.99. The lowest BCUT2D eigenvalue weighted by molar-refractivity contribution is -0.142. The highest BCUT2D eigenvalue weighted by Gasteiger charge is 2.47. The van der Waals surface area contributed by atoms with Gasteiger partial charge in [0, 0.05) is 42.8 Å². The van der Waals surface area contributed by atoms with Gasteiger partial charge in [0.05, 0.1) is 6.42 Å². The van der Waals surface area contributed by atoms with E-state index in [1.165, 1.54) is 0 Å². The van der Waals surface area contributed by atoms with Crippen LogP contribution >= 0.6 is 11.6 Å². The van der Waals surface area contributed by atoms with Crippen LogP contribution in [0.25, 0.3) is 0 Å². The van der Waals surface area contributed by atoms with Crippen LogP contribution in [0.5, 0.6) is 0 Å². The Balaban J connectivity index is 1.61. The van der Waals surface area contributed by atoms with E-state index < -0.39 is 30.2 Å². The number of benzene rings is 1. The van der Waals surface area contributed by atoms with Gasteiger partial charge in [0.1, 0.15) is 5.54 Å². The molecule has 9 nitrogen and oxygen atoms in total. The zero-order chi connectivity index (χ0) is 22.8. The van der Waals surface area contributed by atoms with Gasteiger partial charge in [0.25, 0.3) is 0 Å². The molecule has 0 spiro atoms. The lowest BCUT2D eigenvalue weighted by Gasteiger charge is -2.41. The van der Waals surface area contributed by atoms with E-state index in [0.29, 0.717) is 19.6 Å². The van der Waals surface area contributed by atoms with Crippen LogP contribution in [-0.2, 0) is 20.8 Å². The molecule has 0 aliphatic carbocycles. The summed E-state index contributed by atoms with van der Waals surface area (Å²) in [5.41, 5.74) is 0.661. The number of aliphatic carboxylic acids is 1. The third-order valence-electron chi connectivity index (χ3n) is 6.06. The van der Waals surface area contributed by atoms with E-state index in [1.54, 1.807) is 4.90 Å². The number of aliphatic hydroxyl groups is 1. The second kappa shape index (κ2) is 9.42. The number of halogens is 1. The van der Waals surface area contributed by atoms with Crippen LogP contribution in [0.1, 0.15) is 38.7 Å². The van der Waals surface area contributed by atoms with Gasteiger partial charge in [-0.05, 0) is 43.5 Å². The summed E-state index contributed by atoms with van der Waals surface area (Å²) in [6.07, 6.45) is -0.990. The summed E-state index contributed by atoms with van der Waals surface area (Å²) in [4.78, 5) is 40.3. The zero-order valence-electron chi connectivity index (χ0n) is 17.7. The van der Waals surface area contributed by atoms with Gasteiger partial charge >= 0.3 is 5.97 Å². The lowest BCUT2D eigenvalue weighted by atomic mass is 9.89. The van der Waals surface area contributed by atoms with E-state index in [0.717, 1.165) is 22.7 Å². The summed E-state index contributed by atoms with van der Waals surface area (Å²) < 4.78 is 0. The summed E-state index contributed by atoms with van der Waals surface area (Å²) in [6.45, 7) is 5.82. The topological polar surface area (TPSA) is 122 Å². The van der Waals surface area contributed by atoms with Crippen molar-refractivity contribution in [3.8, 4) is 0 Å². The van der Waals surface area contributed by atoms with Crippen LogP contribution in [0.3, 0.4) is 0 Å². The number of aryl methyl sites for hydroxylation is 1. The van der Waals surface area contributed by atoms with E-state index in [-0.39, 0.29) is 24.8 Å². The fourth-order valence-corrected chi connectivity index (χ4v) is 4.60. The van der Waals surface area contributed by atoms with Crippen LogP contribution < -0.4 is 15.5 Å². The number of nitrogens with zero attached hydrogens (tertiary/aromatic N) is 2. The Kier molecular flexibility index (Phi) is 7.08. The molecule has 31 heavy (non-hydrogen) atoms. The van der Waals surface area contributed by atoms with Crippen molar-refractivity contribution < 1.29 is 24.6 Å². The Morgan fingerprint density at radius 1 is 1.32 bits per heavy atom. The van der Waals surface area contributed by atoms with E-state index in [4.69, 9.17) is 11.6 Å². The van der Waals surface area contributed by atoms with Gasteiger partial charge in [0.2, 0.25) is 11.8 Å². The van der Waals surface area contributed by atoms with Crippen molar-refractivity contribution in [2.75, 3.05) is 24.5 Å². The predicted octanol–water partition coefficient (Wildman–Crippen LogP) is 0.929. The quantitative estimate of drug-likeness (QED) is 0.485. The van der Waals surface area contributed by atoms with Crippen molar-refractivity contribution in [3.63, 3.8) is 0 Å². The van der Waals surface area contributed by atoms with E-state index in [9.17, 15) is 24.6 Å². The second-order valence-electron chi connectivity index (χ2n) is 8.18. The smallest absolute Gasteiger partial charge is 0.305 e. The SMILES string of the molecule is CCc1cc(N2CCN(C(=O)CCC3(CC(=O)O)NC(O)NC3=O)C[C@@H]2C)ccc1Cl. The second-order valence-corrected chi connectivity index (χ2v) is 8.59. The third-order valence-corrected chi connectivity index (χ3v) is 6.42. The van der Waals surface area contributed by atoms with Crippen molar-refractivity contribution in [1.82, 2.24) is 15.5 Å². The monoisotopic (exact) mass is 452 g/mol. The third kappa shape index (κ3) is 5.11. The number of amides is 2. The van der Waals surface area contributed by atoms with Crippen molar-refractivity contribution in [1.29, 1.82) is 0 Å². The minimum absolute atomic E-state index is 0.00728. The summed E-state index contributed by atoms with van der Waals surface area (Å²) in [5.74, 6) is -1.93. The average molecular weight is 453 g/mol. The number of rotatable bonds is 7. The highest BCUT2D eigenvalue weighted by Crippen LogP contribution is 2.28. The van der Waals surface area contributed by atoms with Crippen molar-refractivity contribution in [2.24, 2.45) is 0 Å². The summed E-state index contributed by atoms with van der Waals surface area (Å²) in [6, 6.07) is 6.06. The molecule has 0 aromatic heterocycles. The van der Waals surface area contributed by atoms with E-state index in [2.05, 4.69) is 28.5 Å². The molecule has 10 heteroatoms. The number of carboxylic acid groups (broad SMARTS) is 1. The number of piperazine rings is 1. The molecule has 2 amide bonds. The Bertz CT molecular complexity index is 866. The van der Waals surface area contributed by atoms with Gasteiger partial charge in [-0.25, -0.2) is 0 Å². The maximum Gasteiger partial charge on any atom is 0.305 e. The zero-order valence-corrected chi connectivity index (χ0v) is 18.5. The maximum absolute atomic E-state index is 12.8. The molecule has 2 aliphatic heterocycles. The molecule has 170 valence electrons. The predicted molar refractivity (Wildman–Crippen MR) is 116 cm³/mol. The van der Waals surface area contributed by atoms with Crippen LogP contribution in [0.4, 0.5) is 5.69 Å². The molecule has 3 atom stereocenters. The molecule has 3 rings (SSSR count). The van der Waals surface area contributed by atoms with Gasteiger partial charge in [0.15, 0.2) is 6.35 Å². The number of anilines is 1. The van der Waals surface area contributed by atoms with Crippen molar-refractivity contribution in [2.45, 2.75) is 57.5 Å². The molecule has 1 aromatic carbocycles. The largest absolute Gasteiger partial charge is 0.481 e. The minimum Gasteiger partial charge on any atom is -0.481 e. The first kappa shape index (κ1) is 23.3. The van der Waals surface area contributed by atoms with Crippen molar-refractivity contribution >= 4 is 35.1 Å². The Hall–Kier alpha value is -2.36. The normalized spacial score (nSPS) is 26.1. The summed E-state index contributed by atoms with van der Waals surface area (Å²) >= 11 is 6.23. The minimum atomic E-state index is -1.49. The van der Waals surface area contributed by atoms with E-state index in [1.807, 2.05) is 19.1 Å². The summed E-state index contributed by atoms with van der Waals surface area (Å²) in [7, 11) is 0. The van der Waals surface area contributed by atoms with Crippen LogP contribution in [0.2, 0.25) is 5.02 Å². The van der Waals surface area contributed by atoms with E-state index >= 15 is 0 Å². The standard InChI is InChI=1S/C21H29ClN4O5/c1-3-14-10-15(4-5-16(14)22)26-9-8-25(12-13(26)2)17(27)6-7-21(11-18(28)29)19(30)23-20(31)24-21/h4-5,10,13,20,24,31H,3,6-9,11-12H2,1-2H3,(H,23,30)(H,28,29)/t13-,20?,21?/m0/s1. The number of nitrogens with one attached hydrogen (secondary N) is 2. The number of carboxylic acids is 1. The van der Waals surface area contributed by atoms with Gasteiger partial charge in [-0.15, -0.1) is 0 Å². The van der Waals surface area contributed by atoms with Gasteiger partial charge in [-0.2, -0.15) is 0 Å². The maximum atomic E-state index is 12.8. The molecular weight excluding hydrogens is 424 g/mol. The Labute approximate surface area is 186 Å². The first-order valence-electron chi connectivity index (χ1n) is 10.5. The molecule has 2 unspecified atom stereocenters. The number of hydrogen-bond acceptors (Lipinski definition) is 6.